The van der Waals surface area contributed by atoms with Gasteiger partial charge in [0.05, 0.1) is 0 Å². The highest BCUT2D eigenvalue weighted by atomic mass is 13.5. The molecule has 0 aromatic carbocycles. The lowest BCUT2D eigenvalue weighted by atomic mass is 10.5. The van der Waals surface area contributed by atoms with Crippen molar-refractivity contribution in [3.05, 3.63) is 0 Å². The highest BCUT2D eigenvalue weighted by molar-refractivity contribution is 4.92. The van der Waals surface area contributed by atoms with Crippen LogP contribution in [0.25, 0.3) is 0 Å². The summed E-state index contributed by atoms with van der Waals surface area (Å²) in [5.74, 6) is 5.63. The van der Waals surface area contributed by atoms with Gasteiger partial charge in [-0.15, -0.1) is 11.8 Å². The van der Waals surface area contributed by atoms with Gasteiger partial charge in [0.15, 0.2) is 0 Å². The van der Waals surface area contributed by atoms with E-state index in [1.807, 2.05) is 41.5 Å². The molecule has 0 radical (unpaired) electrons. The Hall–Kier alpha value is -0.440. The van der Waals surface area contributed by atoms with Gasteiger partial charge in [0.25, 0.3) is 0 Å². The summed E-state index contributed by atoms with van der Waals surface area (Å²) in [6, 6.07) is 0. The van der Waals surface area contributed by atoms with Crippen LogP contribution in [0.1, 0.15) is 48.0 Å². The first-order valence-electron chi connectivity index (χ1n) is 3.81. The third-order valence-corrected chi connectivity index (χ3v) is 0.354. The Kier molecular flexibility index (Phi) is 87.3. The smallest absolute Gasteiger partial charge is 0.00601 e. The summed E-state index contributed by atoms with van der Waals surface area (Å²) in [6.07, 6.45) is 0.983. The molecule has 0 saturated carbocycles. The maximum absolute atomic E-state index is 2.86. The van der Waals surface area contributed by atoms with E-state index in [0.717, 1.165) is 6.42 Å². The zero-order chi connectivity index (χ0) is 8.12. The molecular weight excluding hydrogens is 108 g/mol. The molecule has 0 rings (SSSR count). The summed E-state index contributed by atoms with van der Waals surface area (Å²) < 4.78 is 0. The van der Waals surface area contributed by atoms with Crippen molar-refractivity contribution in [2.24, 2.45) is 0 Å². The molecule has 0 nitrogen and oxygen atoms in total. The van der Waals surface area contributed by atoms with Crippen LogP contribution in [-0.2, 0) is 0 Å². The molecule has 0 saturated heterocycles. The van der Waals surface area contributed by atoms with Gasteiger partial charge in [-0.2, -0.15) is 0 Å². The van der Waals surface area contributed by atoms with E-state index in [1.54, 1.807) is 0 Å². The molecule has 0 atom stereocenters. The number of hydrogen-bond donors (Lipinski definition) is 0. The second kappa shape index (κ2) is 49.6. The highest BCUT2D eigenvalue weighted by Gasteiger charge is 1.48. The van der Waals surface area contributed by atoms with E-state index < -0.39 is 0 Å². The van der Waals surface area contributed by atoms with E-state index >= 15 is 0 Å². The first kappa shape index (κ1) is 15.8. The van der Waals surface area contributed by atoms with Crippen LogP contribution >= 0.6 is 0 Å². The van der Waals surface area contributed by atoms with E-state index in [1.165, 1.54) is 0 Å². The van der Waals surface area contributed by atoms with Gasteiger partial charge in [-0.3, -0.25) is 0 Å². The lowest BCUT2D eigenvalue weighted by molar-refractivity contribution is 1.28. The van der Waals surface area contributed by atoms with Crippen molar-refractivity contribution in [1.29, 1.82) is 0 Å². The molecule has 0 aliphatic heterocycles. The summed E-state index contributed by atoms with van der Waals surface area (Å²) >= 11 is 0. The Morgan fingerprint density at radius 3 is 1.33 bits per heavy atom. The van der Waals surface area contributed by atoms with Crippen LogP contribution in [0.4, 0.5) is 0 Å². The van der Waals surface area contributed by atoms with E-state index in [9.17, 15) is 0 Å². The monoisotopic (exact) mass is 128 g/mol. The van der Waals surface area contributed by atoms with Gasteiger partial charge in [0.1, 0.15) is 0 Å². The molecular formula is C9H20. The molecule has 0 aliphatic rings. The molecule has 0 N–H and O–H groups in total. The van der Waals surface area contributed by atoms with E-state index in [-0.39, 0.29) is 0 Å². The van der Waals surface area contributed by atoms with Gasteiger partial charge in [-0.05, 0) is 6.92 Å². The molecule has 0 fully saturated rings. The molecule has 0 aromatic rings. The quantitative estimate of drug-likeness (QED) is 0.438. The number of hydrogen-bond acceptors (Lipinski definition) is 0. The maximum atomic E-state index is 2.86. The van der Waals surface area contributed by atoms with Crippen molar-refractivity contribution in [2.45, 2.75) is 48.0 Å². The van der Waals surface area contributed by atoms with Crippen LogP contribution in [0.2, 0.25) is 0 Å². The fourth-order valence-corrected chi connectivity index (χ4v) is 0.177. The Morgan fingerprint density at radius 1 is 1.00 bits per heavy atom. The third kappa shape index (κ3) is 96.0. The van der Waals surface area contributed by atoms with Crippen LogP contribution in [0, 0.1) is 11.8 Å². The largest absolute Gasteiger partial charge is 0.107 e. The van der Waals surface area contributed by atoms with Crippen molar-refractivity contribution in [1.82, 2.24) is 0 Å². The molecule has 56 valence electrons. The van der Waals surface area contributed by atoms with Gasteiger partial charge in [-0.25, -0.2) is 0 Å². The van der Waals surface area contributed by atoms with Crippen molar-refractivity contribution >= 4 is 0 Å². The summed E-state index contributed by atoms with van der Waals surface area (Å²) in [5.41, 5.74) is 0. The molecule has 0 aromatic heterocycles. The van der Waals surface area contributed by atoms with E-state index in [4.69, 9.17) is 0 Å². The Labute approximate surface area is 60.7 Å². The average molecular weight is 128 g/mol. The molecule has 0 unspecified atom stereocenters. The Bertz CT molecular complexity index is 52.2. The molecule has 0 aliphatic carbocycles. The molecule has 0 heterocycles. The summed E-state index contributed by atoms with van der Waals surface area (Å²) in [5, 5.41) is 0. The molecule has 9 heavy (non-hydrogen) atoms. The molecule has 0 spiro atoms. The van der Waals surface area contributed by atoms with Crippen LogP contribution in [0.5, 0.6) is 0 Å². The van der Waals surface area contributed by atoms with Gasteiger partial charge in [0.2, 0.25) is 0 Å². The predicted molar refractivity (Wildman–Crippen MR) is 46.4 cm³/mol. The SMILES string of the molecule is CC.CC.CC#CCC. The summed E-state index contributed by atoms with van der Waals surface area (Å²) in [7, 11) is 0. The van der Waals surface area contributed by atoms with Gasteiger partial charge in [-0.1, -0.05) is 34.6 Å². The van der Waals surface area contributed by atoms with Gasteiger partial charge in [0, 0.05) is 6.42 Å². The van der Waals surface area contributed by atoms with Crippen LogP contribution in [0.15, 0.2) is 0 Å². The fourth-order valence-electron chi connectivity index (χ4n) is 0.177. The zero-order valence-electron chi connectivity index (χ0n) is 7.71. The second-order valence-corrected chi connectivity index (χ2v) is 0.780. The first-order chi connectivity index (χ1) is 4.41. The van der Waals surface area contributed by atoms with Crippen molar-refractivity contribution < 1.29 is 0 Å². The Morgan fingerprint density at radius 2 is 1.33 bits per heavy atom. The molecule has 0 amide bonds. The fraction of sp³-hybridized carbons (Fsp3) is 0.778. The average Bonchev–Trinajstić information content (AvgIpc) is 1.98. The van der Waals surface area contributed by atoms with E-state index in [2.05, 4.69) is 11.8 Å². The highest BCUT2D eigenvalue weighted by Crippen LogP contribution is 1.62. The lowest BCUT2D eigenvalue weighted by Crippen LogP contribution is -1.45. The zero-order valence-corrected chi connectivity index (χ0v) is 7.71. The van der Waals surface area contributed by atoms with Crippen molar-refractivity contribution in [3.63, 3.8) is 0 Å². The Balaban J connectivity index is -0.0000000771. The topological polar surface area (TPSA) is 0 Å². The van der Waals surface area contributed by atoms with E-state index in [0.29, 0.717) is 0 Å². The molecule has 0 bridgehead atoms. The lowest BCUT2D eigenvalue weighted by Gasteiger charge is -1.58. The minimum absolute atomic E-state index is 0.983. The second-order valence-electron chi connectivity index (χ2n) is 0.780. The standard InChI is InChI=1S/C5H8.2C2H6/c1-3-5-4-2;2*1-2/h3H2,1-2H3;2*1-2H3. The maximum Gasteiger partial charge on any atom is 0.00601 e. The number of rotatable bonds is 0. The summed E-state index contributed by atoms with van der Waals surface area (Å²) in [4.78, 5) is 0. The minimum atomic E-state index is 0.983. The minimum Gasteiger partial charge on any atom is -0.107 e. The third-order valence-electron chi connectivity index (χ3n) is 0.354. The van der Waals surface area contributed by atoms with Crippen LogP contribution < -0.4 is 0 Å². The molecule has 0 heteroatoms. The van der Waals surface area contributed by atoms with Gasteiger partial charge >= 0.3 is 0 Å². The van der Waals surface area contributed by atoms with Crippen LogP contribution in [-0.4, -0.2) is 0 Å². The first-order valence-corrected chi connectivity index (χ1v) is 3.81. The van der Waals surface area contributed by atoms with Crippen LogP contribution in [0.3, 0.4) is 0 Å². The predicted octanol–water partition coefficient (Wildman–Crippen LogP) is 3.47. The summed E-state index contributed by atoms with van der Waals surface area (Å²) in [6.45, 7) is 11.9. The van der Waals surface area contributed by atoms with Gasteiger partial charge < -0.3 is 0 Å². The van der Waals surface area contributed by atoms with Crippen molar-refractivity contribution in [2.75, 3.05) is 0 Å². The normalized spacial score (nSPS) is 4.22. The van der Waals surface area contributed by atoms with Crippen molar-refractivity contribution in [3.8, 4) is 11.8 Å².